The van der Waals surface area contributed by atoms with Crippen molar-refractivity contribution in [3.05, 3.63) is 51.6 Å². The van der Waals surface area contributed by atoms with E-state index in [2.05, 4.69) is 60.3 Å². The molecule has 30 heavy (non-hydrogen) atoms. The van der Waals surface area contributed by atoms with Gasteiger partial charge in [0.15, 0.2) is 6.04 Å². The first kappa shape index (κ1) is 20.7. The summed E-state index contributed by atoms with van der Waals surface area (Å²) in [5.41, 5.74) is 2.46. The highest BCUT2D eigenvalue weighted by Crippen LogP contribution is 2.26. The normalized spacial score (nSPS) is 21.1. The molecule has 0 aliphatic carbocycles. The van der Waals surface area contributed by atoms with Gasteiger partial charge in [-0.1, -0.05) is 32.0 Å². The zero-order valence-electron chi connectivity index (χ0n) is 18.7. The molecule has 0 spiro atoms. The number of nitrogens with one attached hydrogen (secondary N) is 2. The Balaban J connectivity index is 1.92. The van der Waals surface area contributed by atoms with Crippen molar-refractivity contribution in [3.8, 4) is 0 Å². The van der Waals surface area contributed by atoms with Crippen LogP contribution in [0.25, 0.3) is 10.9 Å². The number of hydrogen-bond acceptors (Lipinski definition) is 4. The number of hydrogen-bond donors (Lipinski definition) is 2. The highest BCUT2D eigenvalue weighted by molar-refractivity contribution is 5.82. The lowest BCUT2D eigenvalue weighted by molar-refractivity contribution is -0.934. The highest BCUT2D eigenvalue weighted by atomic mass is 16.1. The summed E-state index contributed by atoms with van der Waals surface area (Å²) in [6.45, 7) is 12.8. The van der Waals surface area contributed by atoms with Crippen molar-refractivity contribution in [1.82, 2.24) is 25.2 Å². The first-order chi connectivity index (χ1) is 14.3. The average Bonchev–Trinajstić information content (AvgIpc) is 3.20. The first-order valence-corrected chi connectivity index (χ1v) is 11.1. The van der Waals surface area contributed by atoms with Crippen LogP contribution >= 0.6 is 0 Å². The number of H-pyrrole nitrogens is 1. The van der Waals surface area contributed by atoms with E-state index in [1.165, 1.54) is 11.3 Å². The van der Waals surface area contributed by atoms with Gasteiger partial charge < -0.3 is 9.88 Å². The van der Waals surface area contributed by atoms with Gasteiger partial charge in [-0.05, 0) is 67.5 Å². The number of pyridine rings is 1. The van der Waals surface area contributed by atoms with E-state index in [4.69, 9.17) is 0 Å². The average molecular weight is 410 g/mol. The summed E-state index contributed by atoms with van der Waals surface area (Å²) in [5.74, 6) is 1.39. The second-order valence-electron chi connectivity index (χ2n) is 9.50. The van der Waals surface area contributed by atoms with Crippen LogP contribution in [-0.4, -0.2) is 38.3 Å². The van der Waals surface area contributed by atoms with Gasteiger partial charge in [-0.2, -0.15) is 0 Å². The molecule has 0 saturated carbocycles. The van der Waals surface area contributed by atoms with Gasteiger partial charge in [0.1, 0.15) is 0 Å². The van der Waals surface area contributed by atoms with Gasteiger partial charge >= 0.3 is 0 Å². The number of aromatic nitrogens is 5. The van der Waals surface area contributed by atoms with E-state index in [1.54, 1.807) is 0 Å². The number of aryl methyl sites for hydroxylation is 1. The molecule has 3 aromatic rings. The largest absolute Gasteiger partial charge is 0.322 e. The Kier molecular flexibility index (Phi) is 5.49. The fourth-order valence-electron chi connectivity index (χ4n) is 4.70. The zero-order valence-corrected chi connectivity index (χ0v) is 18.7. The van der Waals surface area contributed by atoms with Crippen LogP contribution < -0.4 is 10.5 Å². The Morgan fingerprint density at radius 1 is 1.37 bits per heavy atom. The predicted octanol–water partition coefficient (Wildman–Crippen LogP) is 2.37. The van der Waals surface area contributed by atoms with Gasteiger partial charge in [0.25, 0.3) is 5.56 Å². The van der Waals surface area contributed by atoms with Crippen LogP contribution in [0.1, 0.15) is 70.0 Å². The highest BCUT2D eigenvalue weighted by Gasteiger charge is 2.38. The van der Waals surface area contributed by atoms with Crippen LogP contribution in [0.3, 0.4) is 0 Å². The van der Waals surface area contributed by atoms with Crippen molar-refractivity contribution in [2.45, 2.75) is 65.5 Å². The van der Waals surface area contributed by atoms with Gasteiger partial charge in [0, 0.05) is 5.92 Å². The molecule has 0 radical (unpaired) electrons. The Hall–Kier alpha value is -2.54. The lowest BCUT2D eigenvalue weighted by Gasteiger charge is -2.35. The molecule has 1 fully saturated rings. The van der Waals surface area contributed by atoms with Crippen molar-refractivity contribution in [2.75, 3.05) is 13.1 Å². The molecule has 160 valence electrons. The molecule has 1 unspecified atom stereocenters. The minimum absolute atomic E-state index is 0.0450. The zero-order chi connectivity index (χ0) is 21.5. The van der Waals surface area contributed by atoms with Crippen LogP contribution in [-0.2, 0) is 5.54 Å². The van der Waals surface area contributed by atoms with E-state index in [-0.39, 0.29) is 17.1 Å². The number of nitrogens with zero attached hydrogens (tertiary/aromatic N) is 4. The quantitative estimate of drug-likeness (QED) is 0.678. The van der Waals surface area contributed by atoms with Crippen LogP contribution in [0.2, 0.25) is 0 Å². The third kappa shape index (κ3) is 3.67. The summed E-state index contributed by atoms with van der Waals surface area (Å²) in [6.07, 6.45) is 3.28. The number of tetrazole rings is 1. The molecule has 7 heteroatoms. The van der Waals surface area contributed by atoms with Crippen LogP contribution in [0.15, 0.2) is 29.1 Å². The van der Waals surface area contributed by atoms with Crippen molar-refractivity contribution in [3.63, 3.8) is 0 Å². The maximum atomic E-state index is 13.3. The van der Waals surface area contributed by atoms with Gasteiger partial charge in [0.05, 0.1) is 29.7 Å². The lowest BCUT2D eigenvalue weighted by Crippen LogP contribution is -3.14. The van der Waals surface area contributed by atoms with Gasteiger partial charge in [-0.15, -0.1) is 5.10 Å². The summed E-state index contributed by atoms with van der Waals surface area (Å²) < 4.78 is 1.93. The van der Waals surface area contributed by atoms with E-state index >= 15 is 0 Å². The molecular formula is C23H33N6O+. The number of benzene rings is 1. The molecule has 2 aromatic heterocycles. The number of rotatable bonds is 5. The molecule has 1 saturated heterocycles. The maximum absolute atomic E-state index is 13.3. The van der Waals surface area contributed by atoms with E-state index in [0.29, 0.717) is 5.92 Å². The Morgan fingerprint density at radius 2 is 2.17 bits per heavy atom. The van der Waals surface area contributed by atoms with E-state index in [1.807, 2.05) is 23.7 Å². The fraction of sp³-hybridized carbons (Fsp3) is 0.565. The third-order valence-corrected chi connectivity index (χ3v) is 6.83. The van der Waals surface area contributed by atoms with Crippen LogP contribution in [0.4, 0.5) is 0 Å². The van der Waals surface area contributed by atoms with Crippen molar-refractivity contribution in [1.29, 1.82) is 0 Å². The Bertz CT molecular complexity index is 1100. The SMILES string of the molecule is CCC(C)(C)n1nnnc1[C@H](c1cc2cccc(C)c2[nH]c1=O)[NH+]1CCC[C@H](C)C1. The summed E-state index contributed by atoms with van der Waals surface area (Å²) in [7, 11) is 0. The summed E-state index contributed by atoms with van der Waals surface area (Å²) in [5, 5.41) is 13.9. The number of piperidine rings is 1. The third-order valence-electron chi connectivity index (χ3n) is 6.83. The molecule has 0 bridgehead atoms. The lowest BCUT2D eigenvalue weighted by atomic mass is 9.94. The van der Waals surface area contributed by atoms with Gasteiger partial charge in [-0.3, -0.25) is 4.79 Å². The second-order valence-corrected chi connectivity index (χ2v) is 9.50. The summed E-state index contributed by atoms with van der Waals surface area (Å²) >= 11 is 0. The summed E-state index contributed by atoms with van der Waals surface area (Å²) in [6, 6.07) is 7.98. The Morgan fingerprint density at radius 3 is 2.90 bits per heavy atom. The topological polar surface area (TPSA) is 80.9 Å². The van der Waals surface area contributed by atoms with Gasteiger partial charge in [0.2, 0.25) is 5.82 Å². The maximum Gasteiger partial charge on any atom is 0.258 e. The number of para-hydroxylation sites is 1. The predicted molar refractivity (Wildman–Crippen MR) is 118 cm³/mol. The van der Waals surface area contributed by atoms with Gasteiger partial charge in [-0.25, -0.2) is 4.68 Å². The number of likely N-dealkylation sites (tertiary alicyclic amines) is 1. The van der Waals surface area contributed by atoms with E-state index < -0.39 is 0 Å². The Labute approximate surface area is 177 Å². The molecular weight excluding hydrogens is 376 g/mol. The number of quaternary nitrogens is 1. The second kappa shape index (κ2) is 7.95. The molecule has 1 aliphatic rings. The van der Waals surface area contributed by atoms with Crippen molar-refractivity contribution >= 4 is 10.9 Å². The minimum atomic E-state index is -0.224. The smallest absolute Gasteiger partial charge is 0.258 e. The molecule has 1 aromatic carbocycles. The molecule has 7 nitrogen and oxygen atoms in total. The fourth-order valence-corrected chi connectivity index (χ4v) is 4.70. The number of fused-ring (bicyclic) bond motifs is 1. The van der Waals surface area contributed by atoms with E-state index in [0.717, 1.165) is 53.8 Å². The van der Waals surface area contributed by atoms with Crippen molar-refractivity contribution < 1.29 is 4.90 Å². The molecule has 2 N–H and O–H groups in total. The van der Waals surface area contributed by atoms with Crippen LogP contribution in [0.5, 0.6) is 0 Å². The standard InChI is InChI=1S/C23H32N6O/c1-6-23(4,5)29-21(25-26-27-29)20(28-12-8-9-15(2)14-28)18-13-17-11-7-10-16(3)19(17)24-22(18)30/h7,10-11,13,15,20H,6,8-9,12,14H2,1-5H3,(H,24,30)/p+1/t15-,20-/m0/s1. The molecule has 1 aliphatic heterocycles. The summed E-state index contributed by atoms with van der Waals surface area (Å²) in [4.78, 5) is 17.8. The molecule has 4 rings (SSSR count). The first-order valence-electron chi connectivity index (χ1n) is 11.1. The molecule has 3 atom stereocenters. The number of aromatic amines is 1. The van der Waals surface area contributed by atoms with Crippen LogP contribution in [0, 0.1) is 12.8 Å². The van der Waals surface area contributed by atoms with Crippen molar-refractivity contribution in [2.24, 2.45) is 5.92 Å². The minimum Gasteiger partial charge on any atom is -0.322 e. The molecule has 0 amide bonds. The van der Waals surface area contributed by atoms with E-state index in [9.17, 15) is 4.79 Å². The molecule has 3 heterocycles. The monoisotopic (exact) mass is 409 g/mol.